The molecule has 1 amide bonds. The highest BCUT2D eigenvalue weighted by molar-refractivity contribution is 5.96. The summed E-state index contributed by atoms with van der Waals surface area (Å²) in [5.41, 5.74) is 7.27. The fraction of sp³-hybridized carbons (Fsp3) is 0.333. The summed E-state index contributed by atoms with van der Waals surface area (Å²) < 4.78 is 11.8. The molecule has 190 valence electrons. The molecule has 3 rings (SSSR count). The van der Waals surface area contributed by atoms with Gasteiger partial charge in [0.05, 0.1) is 12.4 Å². The van der Waals surface area contributed by atoms with E-state index >= 15 is 0 Å². The van der Waals surface area contributed by atoms with Crippen molar-refractivity contribution in [3.8, 4) is 11.5 Å². The molecule has 2 aromatic rings. The van der Waals surface area contributed by atoms with Crippen molar-refractivity contribution >= 4 is 29.4 Å². The minimum atomic E-state index is -0.228. The van der Waals surface area contributed by atoms with Gasteiger partial charge in [-0.15, -0.1) is 0 Å². The van der Waals surface area contributed by atoms with Crippen molar-refractivity contribution in [3.63, 3.8) is 0 Å². The molecule has 1 saturated heterocycles. The van der Waals surface area contributed by atoms with E-state index in [-0.39, 0.29) is 36.8 Å². The fourth-order valence-corrected chi connectivity index (χ4v) is 3.79. The molecule has 9 heteroatoms. The lowest BCUT2D eigenvalue weighted by Gasteiger charge is -2.32. The molecule has 0 bridgehead atoms. The van der Waals surface area contributed by atoms with Crippen LogP contribution in [0.15, 0.2) is 48.5 Å². The molecule has 1 heterocycles. The van der Waals surface area contributed by atoms with Crippen LogP contribution in [0, 0.1) is 10.8 Å². The van der Waals surface area contributed by atoms with Crippen LogP contribution >= 0.6 is 0 Å². The van der Waals surface area contributed by atoms with Crippen LogP contribution in [-0.2, 0) is 4.79 Å². The Balaban J connectivity index is 1.49. The summed E-state index contributed by atoms with van der Waals surface area (Å²) in [5, 5.41) is 18.2. The van der Waals surface area contributed by atoms with Crippen LogP contribution in [-0.4, -0.2) is 60.6 Å². The molecule has 36 heavy (non-hydrogen) atoms. The largest absolute Gasteiger partial charge is 0.491 e. The normalized spacial score (nSPS) is 13.9. The first-order chi connectivity index (χ1) is 17.2. The summed E-state index contributed by atoms with van der Waals surface area (Å²) in [6.07, 6.45) is 4.90. The van der Waals surface area contributed by atoms with Crippen molar-refractivity contribution in [2.45, 2.75) is 32.8 Å². The lowest BCUT2D eigenvalue weighted by Crippen LogP contribution is -2.40. The van der Waals surface area contributed by atoms with Gasteiger partial charge < -0.3 is 25.4 Å². The van der Waals surface area contributed by atoms with Gasteiger partial charge in [-0.2, -0.15) is 0 Å². The molecular formula is C27H33N5O4. The van der Waals surface area contributed by atoms with Gasteiger partial charge in [0.2, 0.25) is 0 Å². The van der Waals surface area contributed by atoms with Gasteiger partial charge in [-0.3, -0.25) is 20.4 Å². The summed E-state index contributed by atoms with van der Waals surface area (Å²) in [7, 11) is 0. The summed E-state index contributed by atoms with van der Waals surface area (Å²) in [4.78, 5) is 25.8. The van der Waals surface area contributed by atoms with Gasteiger partial charge in [-0.25, -0.2) is 0 Å². The van der Waals surface area contributed by atoms with Crippen molar-refractivity contribution in [2.75, 3.05) is 26.2 Å². The van der Waals surface area contributed by atoms with E-state index in [2.05, 4.69) is 5.32 Å². The Morgan fingerprint density at radius 2 is 1.75 bits per heavy atom. The van der Waals surface area contributed by atoms with E-state index in [4.69, 9.17) is 26.0 Å². The van der Waals surface area contributed by atoms with Crippen molar-refractivity contribution in [1.29, 1.82) is 10.8 Å². The standard InChI is InChI=1S/C27H33N5O4/c1-18(33)3-4-20-5-6-22(26(29)30)17-25(20)35-16-13-31-27(34)21-7-9-23(10-8-21)36-24-11-14-32(15-12-24)19(2)28/h3-10,17,24,28H,11-16H2,1-2H3,(H3,29,30)(H,31,34)/b4-3+,28-19?. The minimum Gasteiger partial charge on any atom is -0.491 e. The molecular weight excluding hydrogens is 458 g/mol. The number of allylic oxidation sites excluding steroid dienone is 1. The maximum absolute atomic E-state index is 12.5. The maximum atomic E-state index is 12.5. The number of amidine groups is 2. The second-order valence-corrected chi connectivity index (χ2v) is 8.63. The number of hydrogen-bond donors (Lipinski definition) is 4. The number of ether oxygens (including phenoxy) is 2. The Labute approximate surface area is 211 Å². The lowest BCUT2D eigenvalue weighted by atomic mass is 10.1. The monoisotopic (exact) mass is 491 g/mol. The van der Waals surface area contributed by atoms with Gasteiger partial charge in [0.15, 0.2) is 5.78 Å². The van der Waals surface area contributed by atoms with Crippen molar-refractivity contribution in [3.05, 3.63) is 65.2 Å². The Hall–Kier alpha value is -4.14. The van der Waals surface area contributed by atoms with E-state index in [1.807, 2.05) is 4.90 Å². The van der Waals surface area contributed by atoms with Gasteiger partial charge in [0, 0.05) is 42.6 Å². The number of hydrogen-bond acceptors (Lipinski definition) is 6. The Bertz CT molecular complexity index is 1140. The van der Waals surface area contributed by atoms with E-state index < -0.39 is 0 Å². The lowest BCUT2D eigenvalue weighted by molar-refractivity contribution is -0.112. The van der Waals surface area contributed by atoms with E-state index in [0.29, 0.717) is 28.3 Å². The molecule has 0 atom stereocenters. The van der Waals surface area contributed by atoms with E-state index in [1.54, 1.807) is 55.5 Å². The van der Waals surface area contributed by atoms with E-state index in [1.165, 1.54) is 13.0 Å². The van der Waals surface area contributed by atoms with Crippen molar-refractivity contribution in [1.82, 2.24) is 10.2 Å². The Morgan fingerprint density at radius 1 is 1.08 bits per heavy atom. The van der Waals surface area contributed by atoms with Crippen LogP contribution in [0.5, 0.6) is 11.5 Å². The van der Waals surface area contributed by atoms with Crippen molar-refractivity contribution < 1.29 is 19.1 Å². The Morgan fingerprint density at radius 3 is 2.36 bits per heavy atom. The molecule has 0 aliphatic carbocycles. The van der Waals surface area contributed by atoms with Gasteiger partial charge in [0.25, 0.3) is 5.91 Å². The molecule has 1 aliphatic rings. The minimum absolute atomic E-state index is 0.0883. The van der Waals surface area contributed by atoms with Crippen LogP contribution < -0.4 is 20.5 Å². The number of nitrogen functional groups attached to an aromatic ring is 1. The number of carbonyl (C=O) groups is 2. The topological polar surface area (TPSA) is 142 Å². The highest BCUT2D eigenvalue weighted by Crippen LogP contribution is 2.22. The fourth-order valence-electron chi connectivity index (χ4n) is 3.79. The second kappa shape index (κ2) is 12.5. The van der Waals surface area contributed by atoms with E-state index in [9.17, 15) is 9.59 Å². The smallest absolute Gasteiger partial charge is 0.251 e. The first-order valence-corrected chi connectivity index (χ1v) is 11.9. The predicted molar refractivity (Wildman–Crippen MR) is 140 cm³/mol. The molecule has 0 aromatic heterocycles. The van der Waals surface area contributed by atoms with Gasteiger partial charge in [-0.05, 0) is 56.3 Å². The number of benzene rings is 2. The summed E-state index contributed by atoms with van der Waals surface area (Å²) >= 11 is 0. The van der Waals surface area contributed by atoms with Gasteiger partial charge >= 0.3 is 0 Å². The first kappa shape index (κ1) is 26.5. The van der Waals surface area contributed by atoms with Crippen molar-refractivity contribution in [2.24, 2.45) is 5.73 Å². The molecule has 1 aliphatic heterocycles. The number of piperidine rings is 1. The highest BCUT2D eigenvalue weighted by Gasteiger charge is 2.20. The number of nitrogens with two attached hydrogens (primary N) is 1. The molecule has 5 N–H and O–H groups in total. The molecule has 0 unspecified atom stereocenters. The number of rotatable bonds is 10. The number of nitrogens with zero attached hydrogens (tertiary/aromatic N) is 1. The summed E-state index contributed by atoms with van der Waals surface area (Å²) in [6, 6.07) is 12.1. The van der Waals surface area contributed by atoms with Crippen LogP contribution in [0.1, 0.15) is 48.2 Å². The zero-order chi connectivity index (χ0) is 26.1. The third-order valence-corrected chi connectivity index (χ3v) is 5.80. The second-order valence-electron chi connectivity index (χ2n) is 8.63. The van der Waals surface area contributed by atoms with Crippen LogP contribution in [0.2, 0.25) is 0 Å². The number of amides is 1. The number of likely N-dealkylation sites (tertiary alicyclic amines) is 1. The molecule has 2 aromatic carbocycles. The molecule has 0 radical (unpaired) electrons. The molecule has 0 saturated carbocycles. The molecule has 0 spiro atoms. The molecule has 1 fully saturated rings. The Kier molecular flexibility index (Phi) is 9.21. The molecule has 9 nitrogen and oxygen atoms in total. The number of ketones is 1. The van der Waals surface area contributed by atoms with Crippen LogP contribution in [0.4, 0.5) is 0 Å². The predicted octanol–water partition coefficient (Wildman–Crippen LogP) is 3.22. The summed E-state index contributed by atoms with van der Waals surface area (Å²) in [5.74, 6) is 1.37. The van der Waals surface area contributed by atoms with Gasteiger partial charge in [-0.1, -0.05) is 12.1 Å². The average Bonchev–Trinajstić information content (AvgIpc) is 2.86. The third kappa shape index (κ3) is 7.69. The highest BCUT2D eigenvalue weighted by atomic mass is 16.5. The maximum Gasteiger partial charge on any atom is 0.251 e. The zero-order valence-electron chi connectivity index (χ0n) is 20.7. The zero-order valence-corrected chi connectivity index (χ0v) is 20.7. The number of nitrogens with one attached hydrogen (secondary N) is 3. The SMILES string of the molecule is CC(=N)N1CCC(Oc2ccc(C(=O)NCCOc3cc(C(=N)N)ccc3/C=C/C(C)=O)cc2)CC1. The summed E-state index contributed by atoms with van der Waals surface area (Å²) in [6.45, 7) is 5.35. The van der Waals surface area contributed by atoms with Crippen LogP contribution in [0.25, 0.3) is 6.08 Å². The quantitative estimate of drug-likeness (QED) is 0.174. The third-order valence-electron chi connectivity index (χ3n) is 5.80. The number of carbonyl (C=O) groups excluding carboxylic acids is 2. The van der Waals surface area contributed by atoms with Crippen LogP contribution in [0.3, 0.4) is 0 Å². The average molecular weight is 492 g/mol. The first-order valence-electron chi connectivity index (χ1n) is 11.9. The van der Waals surface area contributed by atoms with Gasteiger partial charge in [0.1, 0.15) is 30.0 Å². The van der Waals surface area contributed by atoms with E-state index in [0.717, 1.165) is 31.7 Å².